The second-order valence-corrected chi connectivity index (χ2v) is 11.1. The van der Waals surface area contributed by atoms with Gasteiger partial charge in [0.1, 0.15) is 11.7 Å². The van der Waals surface area contributed by atoms with E-state index in [-0.39, 0.29) is 29.8 Å². The molecule has 1 fully saturated rings. The van der Waals surface area contributed by atoms with Crippen LogP contribution in [0.5, 0.6) is 0 Å². The summed E-state index contributed by atoms with van der Waals surface area (Å²) < 4.78 is 6.99. The molecule has 1 saturated heterocycles. The standard InChI is InChI=1S/C29H38N4O4/c1-5-29-12-8-13-32-14-11-20-19-9-6-7-10-22(19)33(25(20)26(29)32)23(16-29)27(35)30-17-24(34)31-21(15-18(2)3)28(36)37-4/h6-7,9-10,16,18,21,26H,5,8,11-15,17H2,1-4H3,(H,30,35)(H,31,34)/t21-,26+,29-/m0/s1. The van der Waals surface area contributed by atoms with E-state index in [0.717, 1.165) is 44.3 Å². The minimum atomic E-state index is -0.735. The van der Waals surface area contributed by atoms with Crippen LogP contribution in [0.2, 0.25) is 0 Å². The summed E-state index contributed by atoms with van der Waals surface area (Å²) in [7, 11) is 1.31. The summed E-state index contributed by atoms with van der Waals surface area (Å²) in [6.45, 7) is 8.09. The van der Waals surface area contributed by atoms with Crippen molar-refractivity contribution in [3.8, 4) is 0 Å². The zero-order chi connectivity index (χ0) is 26.3. The second kappa shape index (κ2) is 9.97. The van der Waals surface area contributed by atoms with Crippen LogP contribution in [0.25, 0.3) is 16.6 Å². The fourth-order valence-electron chi connectivity index (χ4n) is 6.77. The molecule has 0 saturated carbocycles. The number of nitrogens with one attached hydrogen (secondary N) is 2. The predicted molar refractivity (Wildman–Crippen MR) is 143 cm³/mol. The SMILES string of the molecule is CC[C@@]12C=C(C(=O)NCC(=O)N[C@@H](CC(C)C)C(=O)OC)n3c4c(c5ccccc53)CCN(CCC1)[C@H]42. The number of amides is 2. The summed E-state index contributed by atoms with van der Waals surface area (Å²) in [5.74, 6) is -0.960. The number of esters is 1. The number of benzene rings is 1. The van der Waals surface area contributed by atoms with E-state index in [4.69, 9.17) is 4.74 Å². The molecule has 3 aliphatic rings. The quantitative estimate of drug-likeness (QED) is 0.536. The van der Waals surface area contributed by atoms with E-state index < -0.39 is 17.9 Å². The van der Waals surface area contributed by atoms with Crippen LogP contribution >= 0.6 is 0 Å². The summed E-state index contributed by atoms with van der Waals surface area (Å²) in [6, 6.07) is 7.85. The zero-order valence-corrected chi connectivity index (χ0v) is 22.3. The van der Waals surface area contributed by atoms with E-state index in [2.05, 4.69) is 51.3 Å². The topological polar surface area (TPSA) is 92.7 Å². The molecule has 5 rings (SSSR count). The lowest BCUT2D eigenvalue weighted by Crippen LogP contribution is -2.51. The van der Waals surface area contributed by atoms with E-state index in [1.807, 2.05) is 19.9 Å². The van der Waals surface area contributed by atoms with Crippen LogP contribution in [0.4, 0.5) is 0 Å². The summed E-state index contributed by atoms with van der Waals surface area (Å²) in [5, 5.41) is 6.78. The molecule has 8 heteroatoms. The molecule has 2 amide bonds. The summed E-state index contributed by atoms with van der Waals surface area (Å²) in [5.41, 5.74) is 4.12. The number of rotatable bonds is 8. The maximum atomic E-state index is 13.7. The molecule has 1 aromatic heterocycles. The Morgan fingerprint density at radius 3 is 2.70 bits per heavy atom. The third-order valence-corrected chi connectivity index (χ3v) is 8.42. The van der Waals surface area contributed by atoms with Crippen LogP contribution in [-0.2, 0) is 25.5 Å². The van der Waals surface area contributed by atoms with Crippen molar-refractivity contribution in [3.05, 3.63) is 41.6 Å². The van der Waals surface area contributed by atoms with Gasteiger partial charge >= 0.3 is 5.97 Å². The van der Waals surface area contributed by atoms with E-state index in [0.29, 0.717) is 12.1 Å². The van der Waals surface area contributed by atoms with Crippen molar-refractivity contribution in [2.45, 2.75) is 65.0 Å². The van der Waals surface area contributed by atoms with Gasteiger partial charge in [-0.05, 0) is 62.3 Å². The van der Waals surface area contributed by atoms with Gasteiger partial charge in [-0.15, -0.1) is 0 Å². The highest BCUT2D eigenvalue weighted by molar-refractivity contribution is 6.17. The highest BCUT2D eigenvalue weighted by atomic mass is 16.5. The third kappa shape index (κ3) is 4.35. The van der Waals surface area contributed by atoms with Crippen molar-refractivity contribution < 1.29 is 19.1 Å². The lowest BCUT2D eigenvalue weighted by Gasteiger charge is -2.53. The molecule has 1 aromatic carbocycles. The van der Waals surface area contributed by atoms with Gasteiger partial charge in [-0.3, -0.25) is 14.5 Å². The van der Waals surface area contributed by atoms with Crippen LogP contribution in [0.3, 0.4) is 0 Å². The Bertz CT molecular complexity index is 1260. The Labute approximate surface area is 218 Å². The van der Waals surface area contributed by atoms with Gasteiger partial charge in [0.2, 0.25) is 5.91 Å². The van der Waals surface area contributed by atoms with E-state index in [1.165, 1.54) is 23.8 Å². The van der Waals surface area contributed by atoms with Gasteiger partial charge in [0.25, 0.3) is 5.91 Å². The smallest absolute Gasteiger partial charge is 0.328 e. The number of carbonyl (C=O) groups is 3. The van der Waals surface area contributed by atoms with Crippen molar-refractivity contribution in [3.63, 3.8) is 0 Å². The average molecular weight is 507 g/mol. The Hall–Kier alpha value is -3.13. The number of aromatic nitrogens is 1. The van der Waals surface area contributed by atoms with Gasteiger partial charge in [0.15, 0.2) is 0 Å². The van der Waals surface area contributed by atoms with E-state index >= 15 is 0 Å². The molecule has 198 valence electrons. The van der Waals surface area contributed by atoms with E-state index in [1.54, 1.807) is 0 Å². The Morgan fingerprint density at radius 2 is 1.97 bits per heavy atom. The molecular formula is C29H38N4O4. The molecule has 0 unspecified atom stereocenters. The summed E-state index contributed by atoms with van der Waals surface area (Å²) in [4.78, 5) is 41.2. The van der Waals surface area contributed by atoms with Crippen molar-refractivity contribution in [1.82, 2.24) is 20.1 Å². The van der Waals surface area contributed by atoms with Gasteiger partial charge in [0, 0.05) is 23.0 Å². The molecule has 2 N–H and O–H groups in total. The maximum Gasteiger partial charge on any atom is 0.328 e. The van der Waals surface area contributed by atoms with Crippen molar-refractivity contribution >= 4 is 34.4 Å². The lowest BCUT2D eigenvalue weighted by atomic mass is 9.66. The molecule has 0 spiro atoms. The molecule has 4 heterocycles. The number of hydrogen-bond acceptors (Lipinski definition) is 5. The highest BCUT2D eigenvalue weighted by Gasteiger charge is 2.51. The molecule has 37 heavy (non-hydrogen) atoms. The number of para-hydroxylation sites is 1. The summed E-state index contributed by atoms with van der Waals surface area (Å²) in [6.07, 6.45) is 6.72. The van der Waals surface area contributed by atoms with Crippen LogP contribution in [0.1, 0.15) is 63.8 Å². The Balaban J connectivity index is 1.45. The van der Waals surface area contributed by atoms with Crippen molar-refractivity contribution in [1.29, 1.82) is 0 Å². The van der Waals surface area contributed by atoms with Crippen LogP contribution in [0, 0.1) is 11.3 Å². The highest BCUT2D eigenvalue weighted by Crippen LogP contribution is 2.56. The predicted octanol–water partition coefficient (Wildman–Crippen LogP) is 3.41. The molecule has 8 nitrogen and oxygen atoms in total. The first-order valence-electron chi connectivity index (χ1n) is 13.5. The number of fused-ring (bicyclic) bond motifs is 3. The lowest BCUT2D eigenvalue weighted by molar-refractivity contribution is -0.145. The fraction of sp³-hybridized carbons (Fsp3) is 0.552. The van der Waals surface area contributed by atoms with Gasteiger partial charge in [0.05, 0.1) is 25.2 Å². The van der Waals surface area contributed by atoms with Crippen LogP contribution in [-0.4, -0.2) is 60.0 Å². The third-order valence-electron chi connectivity index (χ3n) is 8.42. The van der Waals surface area contributed by atoms with Crippen LogP contribution < -0.4 is 10.6 Å². The molecule has 0 aliphatic carbocycles. The minimum absolute atomic E-state index is 0.111. The van der Waals surface area contributed by atoms with Crippen molar-refractivity contribution in [2.24, 2.45) is 11.3 Å². The van der Waals surface area contributed by atoms with Crippen molar-refractivity contribution in [2.75, 3.05) is 26.7 Å². The largest absolute Gasteiger partial charge is 0.467 e. The second-order valence-electron chi connectivity index (χ2n) is 11.1. The minimum Gasteiger partial charge on any atom is -0.467 e. The molecule has 0 radical (unpaired) electrons. The van der Waals surface area contributed by atoms with Gasteiger partial charge in [-0.25, -0.2) is 4.79 Å². The molecule has 2 aromatic rings. The molecular weight excluding hydrogens is 468 g/mol. The molecule has 0 bridgehead atoms. The Kier molecular flexibility index (Phi) is 6.88. The van der Waals surface area contributed by atoms with Gasteiger partial charge in [-0.2, -0.15) is 0 Å². The van der Waals surface area contributed by atoms with Gasteiger partial charge in [-0.1, -0.05) is 39.0 Å². The monoisotopic (exact) mass is 506 g/mol. The number of methoxy groups -OCH3 is 1. The number of piperidine rings is 1. The maximum absolute atomic E-state index is 13.7. The number of carbonyl (C=O) groups excluding carboxylic acids is 3. The number of ether oxygens (including phenoxy) is 1. The first-order chi connectivity index (χ1) is 17.8. The van der Waals surface area contributed by atoms with Gasteiger partial charge < -0.3 is 19.9 Å². The van der Waals surface area contributed by atoms with E-state index in [9.17, 15) is 14.4 Å². The Morgan fingerprint density at radius 1 is 1.19 bits per heavy atom. The summed E-state index contributed by atoms with van der Waals surface area (Å²) >= 11 is 0. The van der Waals surface area contributed by atoms with Crippen LogP contribution in [0.15, 0.2) is 30.3 Å². The normalized spacial score (nSPS) is 23.3. The number of hydrogen-bond donors (Lipinski definition) is 2. The average Bonchev–Trinajstić information content (AvgIpc) is 3.24. The molecule has 3 atom stereocenters. The zero-order valence-electron chi connectivity index (χ0n) is 22.3. The number of nitrogens with zero attached hydrogens (tertiary/aromatic N) is 2. The first kappa shape index (κ1) is 25.5. The molecule has 3 aliphatic heterocycles. The fourth-order valence-corrected chi connectivity index (χ4v) is 6.77. The first-order valence-corrected chi connectivity index (χ1v) is 13.5.